The maximum atomic E-state index is 12.3. The summed E-state index contributed by atoms with van der Waals surface area (Å²) in [7, 11) is 1.46. The number of hydrogen-bond acceptors (Lipinski definition) is 4. The molecule has 0 spiro atoms. The smallest absolute Gasteiger partial charge is 0.336 e. The molecule has 0 saturated heterocycles. The van der Waals surface area contributed by atoms with Gasteiger partial charge in [-0.1, -0.05) is 39.0 Å². The Morgan fingerprint density at radius 1 is 1.30 bits per heavy atom. The molecule has 0 fully saturated rings. The van der Waals surface area contributed by atoms with Crippen LogP contribution in [-0.4, -0.2) is 28.2 Å². The van der Waals surface area contributed by atoms with Crippen molar-refractivity contribution in [3.05, 3.63) is 35.4 Å². The van der Waals surface area contributed by atoms with E-state index in [9.17, 15) is 4.79 Å². The highest BCUT2D eigenvalue weighted by Gasteiger charge is 2.21. The van der Waals surface area contributed by atoms with E-state index in [0.29, 0.717) is 5.56 Å². The van der Waals surface area contributed by atoms with Gasteiger partial charge in [-0.25, -0.2) is 5.10 Å². The minimum absolute atomic E-state index is 0.118. The predicted molar refractivity (Wildman–Crippen MR) is 76.0 cm³/mol. The van der Waals surface area contributed by atoms with Crippen LogP contribution in [0.15, 0.2) is 24.3 Å². The zero-order valence-electron chi connectivity index (χ0n) is 12.0. The maximum Gasteiger partial charge on any atom is 0.336 e. The molecule has 2 rings (SSSR count). The number of nitrogens with one attached hydrogen (secondary N) is 2. The van der Waals surface area contributed by atoms with E-state index in [1.165, 1.54) is 7.11 Å². The molecule has 1 amide bonds. The second-order valence-corrected chi connectivity index (χ2v) is 5.42. The van der Waals surface area contributed by atoms with Crippen LogP contribution in [-0.2, 0) is 5.41 Å². The van der Waals surface area contributed by atoms with E-state index in [4.69, 9.17) is 4.74 Å². The van der Waals surface area contributed by atoms with Crippen LogP contribution in [0.25, 0.3) is 0 Å². The first-order chi connectivity index (χ1) is 9.41. The summed E-state index contributed by atoms with van der Waals surface area (Å²) < 4.78 is 4.86. The van der Waals surface area contributed by atoms with Crippen LogP contribution in [0.5, 0.6) is 6.01 Å². The molecule has 0 aliphatic heterocycles. The molecule has 0 atom stereocenters. The number of aromatic nitrogens is 3. The van der Waals surface area contributed by atoms with Crippen molar-refractivity contribution >= 4 is 11.9 Å². The number of hydrogen-bond donors (Lipinski definition) is 2. The van der Waals surface area contributed by atoms with E-state index in [1.807, 2.05) is 18.2 Å². The average Bonchev–Trinajstić information content (AvgIpc) is 2.85. The lowest BCUT2D eigenvalue weighted by molar-refractivity contribution is 0.102. The Kier molecular flexibility index (Phi) is 3.74. The van der Waals surface area contributed by atoms with Gasteiger partial charge in [0, 0.05) is 5.56 Å². The summed E-state index contributed by atoms with van der Waals surface area (Å²) in [5.41, 5.74) is 1.48. The normalized spacial score (nSPS) is 11.2. The number of benzene rings is 1. The summed E-state index contributed by atoms with van der Waals surface area (Å²) in [5, 5.41) is 9.05. The lowest BCUT2D eigenvalue weighted by Gasteiger charge is -2.22. The van der Waals surface area contributed by atoms with Crippen LogP contribution < -0.4 is 10.1 Å². The van der Waals surface area contributed by atoms with E-state index in [1.54, 1.807) is 6.07 Å². The molecule has 0 bridgehead atoms. The first kappa shape index (κ1) is 14.0. The number of ether oxygens (including phenoxy) is 1. The average molecular weight is 274 g/mol. The molecule has 0 unspecified atom stereocenters. The molecule has 6 heteroatoms. The lowest BCUT2D eigenvalue weighted by Crippen LogP contribution is -2.21. The van der Waals surface area contributed by atoms with Gasteiger partial charge in [0.25, 0.3) is 5.91 Å². The van der Waals surface area contributed by atoms with Crippen molar-refractivity contribution < 1.29 is 9.53 Å². The number of rotatable bonds is 3. The van der Waals surface area contributed by atoms with Gasteiger partial charge in [0.2, 0.25) is 5.95 Å². The highest BCUT2D eigenvalue weighted by atomic mass is 16.5. The second-order valence-electron chi connectivity index (χ2n) is 5.42. The first-order valence-corrected chi connectivity index (χ1v) is 6.29. The molecular weight excluding hydrogens is 256 g/mol. The topological polar surface area (TPSA) is 79.9 Å². The van der Waals surface area contributed by atoms with Gasteiger partial charge in [-0.15, -0.1) is 5.10 Å². The largest absolute Gasteiger partial charge is 0.466 e. The fourth-order valence-electron chi connectivity index (χ4n) is 1.90. The number of amides is 1. The van der Waals surface area contributed by atoms with Crippen LogP contribution >= 0.6 is 0 Å². The molecule has 0 aliphatic carbocycles. The number of H-pyrrole nitrogens is 1. The summed E-state index contributed by atoms with van der Waals surface area (Å²) in [6.07, 6.45) is 0. The van der Waals surface area contributed by atoms with Crippen molar-refractivity contribution in [1.82, 2.24) is 15.2 Å². The summed E-state index contributed by atoms with van der Waals surface area (Å²) in [6.45, 7) is 6.20. The van der Waals surface area contributed by atoms with Gasteiger partial charge in [0.15, 0.2) is 0 Å². The molecule has 6 nitrogen and oxygen atoms in total. The first-order valence-electron chi connectivity index (χ1n) is 6.29. The van der Waals surface area contributed by atoms with Gasteiger partial charge in [0.05, 0.1) is 7.11 Å². The van der Waals surface area contributed by atoms with Crippen LogP contribution in [0.2, 0.25) is 0 Å². The van der Waals surface area contributed by atoms with Crippen molar-refractivity contribution in [3.63, 3.8) is 0 Å². The Labute approximate surface area is 117 Å². The number of methoxy groups -OCH3 is 1. The van der Waals surface area contributed by atoms with Gasteiger partial charge in [-0.05, 0) is 17.0 Å². The third-order valence-corrected chi connectivity index (χ3v) is 2.86. The highest BCUT2D eigenvalue weighted by Crippen LogP contribution is 2.26. The Balaban J connectivity index is 2.25. The van der Waals surface area contributed by atoms with Crippen molar-refractivity contribution in [2.24, 2.45) is 0 Å². The van der Waals surface area contributed by atoms with Crippen LogP contribution in [0.1, 0.15) is 36.7 Å². The number of anilines is 1. The Morgan fingerprint density at radius 3 is 2.60 bits per heavy atom. The van der Waals surface area contributed by atoms with Crippen molar-refractivity contribution in [3.8, 4) is 6.01 Å². The molecule has 1 aromatic carbocycles. The molecule has 0 aliphatic rings. The number of nitrogens with zero attached hydrogens (tertiary/aromatic N) is 2. The molecule has 106 valence electrons. The van der Waals surface area contributed by atoms with Crippen LogP contribution in [0.4, 0.5) is 5.95 Å². The zero-order valence-corrected chi connectivity index (χ0v) is 12.0. The van der Waals surface area contributed by atoms with Crippen molar-refractivity contribution in [2.45, 2.75) is 26.2 Å². The fraction of sp³-hybridized carbons (Fsp3) is 0.357. The predicted octanol–water partition coefficient (Wildman–Crippen LogP) is 2.36. The van der Waals surface area contributed by atoms with E-state index in [2.05, 4.69) is 41.3 Å². The summed E-state index contributed by atoms with van der Waals surface area (Å²) in [6, 6.07) is 7.70. The van der Waals surface area contributed by atoms with Gasteiger partial charge in [0.1, 0.15) is 0 Å². The molecule has 0 saturated carbocycles. The maximum absolute atomic E-state index is 12.3. The number of aromatic amines is 1. The van der Waals surface area contributed by atoms with Crippen molar-refractivity contribution in [1.29, 1.82) is 0 Å². The molecular formula is C14H18N4O2. The third kappa shape index (κ3) is 2.96. The fourth-order valence-corrected chi connectivity index (χ4v) is 1.90. The van der Waals surface area contributed by atoms with Crippen LogP contribution in [0.3, 0.4) is 0 Å². The highest BCUT2D eigenvalue weighted by molar-refractivity contribution is 6.04. The van der Waals surface area contributed by atoms with Gasteiger partial charge in [-0.3, -0.25) is 10.1 Å². The standard InChI is InChI=1S/C14H18N4O2/c1-14(2,3)10-8-6-5-7-9(10)11(19)15-12-16-13(20-4)18-17-12/h5-8H,1-4H3,(H2,15,16,17,18,19). The van der Waals surface area contributed by atoms with E-state index < -0.39 is 0 Å². The molecule has 1 aromatic heterocycles. The zero-order chi connectivity index (χ0) is 14.8. The molecule has 0 radical (unpaired) electrons. The SMILES string of the molecule is COc1n[nH]c(NC(=O)c2ccccc2C(C)(C)C)n1. The van der Waals surface area contributed by atoms with E-state index in [0.717, 1.165) is 5.56 Å². The molecule has 2 N–H and O–H groups in total. The minimum Gasteiger partial charge on any atom is -0.466 e. The van der Waals surface area contributed by atoms with Gasteiger partial charge in [-0.2, -0.15) is 4.98 Å². The second kappa shape index (κ2) is 5.32. The molecule has 1 heterocycles. The molecule has 2 aromatic rings. The van der Waals surface area contributed by atoms with E-state index >= 15 is 0 Å². The third-order valence-electron chi connectivity index (χ3n) is 2.86. The lowest BCUT2D eigenvalue weighted by atomic mass is 9.83. The Morgan fingerprint density at radius 2 is 2.00 bits per heavy atom. The number of carbonyl (C=O) groups excluding carboxylic acids is 1. The number of carbonyl (C=O) groups is 1. The van der Waals surface area contributed by atoms with E-state index in [-0.39, 0.29) is 23.3 Å². The summed E-state index contributed by atoms with van der Waals surface area (Å²) in [4.78, 5) is 16.3. The quantitative estimate of drug-likeness (QED) is 0.900. The summed E-state index contributed by atoms with van der Waals surface area (Å²) in [5.74, 6) is 0.0323. The summed E-state index contributed by atoms with van der Waals surface area (Å²) >= 11 is 0. The minimum atomic E-state index is -0.227. The van der Waals surface area contributed by atoms with Crippen LogP contribution in [0, 0.1) is 0 Å². The van der Waals surface area contributed by atoms with Gasteiger partial charge < -0.3 is 4.74 Å². The molecule has 20 heavy (non-hydrogen) atoms. The van der Waals surface area contributed by atoms with Gasteiger partial charge >= 0.3 is 6.01 Å². The monoisotopic (exact) mass is 274 g/mol. The Bertz CT molecular complexity index is 614. The van der Waals surface area contributed by atoms with Crippen molar-refractivity contribution in [2.75, 3.05) is 12.4 Å². The Hall–Kier alpha value is -2.37.